The van der Waals surface area contributed by atoms with Crippen LogP contribution in [0.1, 0.15) is 15.9 Å². The minimum atomic E-state index is -0.719. The molecule has 15 heavy (non-hydrogen) atoms. The molecule has 0 aliphatic carbocycles. The SMILES string of the molecule is COC(=O)c1cc(O)c([N+](=O)[O-])cc1C. The Morgan fingerprint density at radius 3 is 2.60 bits per heavy atom. The van der Waals surface area contributed by atoms with Crippen molar-refractivity contribution in [1.82, 2.24) is 0 Å². The molecule has 0 saturated heterocycles. The lowest BCUT2D eigenvalue weighted by Gasteiger charge is -2.04. The van der Waals surface area contributed by atoms with Gasteiger partial charge >= 0.3 is 11.7 Å². The Morgan fingerprint density at radius 1 is 1.53 bits per heavy atom. The second-order valence-corrected chi connectivity index (χ2v) is 2.90. The van der Waals surface area contributed by atoms with E-state index < -0.39 is 22.3 Å². The lowest BCUT2D eigenvalue weighted by atomic mass is 10.1. The van der Waals surface area contributed by atoms with Gasteiger partial charge in [0.15, 0.2) is 5.75 Å². The number of nitrogens with zero attached hydrogens (tertiary/aromatic N) is 1. The van der Waals surface area contributed by atoms with Crippen molar-refractivity contribution in [3.05, 3.63) is 33.4 Å². The van der Waals surface area contributed by atoms with Crippen LogP contribution in [0.25, 0.3) is 0 Å². The number of hydrogen-bond donors (Lipinski definition) is 1. The van der Waals surface area contributed by atoms with E-state index in [4.69, 9.17) is 0 Å². The maximum absolute atomic E-state index is 11.2. The molecule has 1 aromatic carbocycles. The first-order valence-electron chi connectivity index (χ1n) is 4.03. The number of aromatic hydroxyl groups is 1. The normalized spacial score (nSPS) is 9.73. The number of esters is 1. The van der Waals surface area contributed by atoms with Crippen LogP contribution in [-0.2, 0) is 4.74 Å². The number of phenolic OH excluding ortho intramolecular Hbond substituents is 1. The summed E-state index contributed by atoms with van der Waals surface area (Å²) in [6, 6.07) is 2.15. The Balaban J connectivity index is 3.31. The molecule has 0 atom stereocenters. The molecular weight excluding hydrogens is 202 g/mol. The second kappa shape index (κ2) is 3.95. The van der Waals surface area contributed by atoms with Gasteiger partial charge in [0.25, 0.3) is 0 Å². The third-order valence-electron chi connectivity index (χ3n) is 1.92. The third kappa shape index (κ3) is 2.04. The summed E-state index contributed by atoms with van der Waals surface area (Å²) in [4.78, 5) is 20.9. The molecule has 0 heterocycles. The van der Waals surface area contributed by atoms with Crippen molar-refractivity contribution in [1.29, 1.82) is 0 Å². The highest BCUT2D eigenvalue weighted by Crippen LogP contribution is 2.29. The monoisotopic (exact) mass is 211 g/mol. The van der Waals surface area contributed by atoms with Gasteiger partial charge in [-0.25, -0.2) is 4.79 Å². The Hall–Kier alpha value is -2.11. The molecule has 0 amide bonds. The standard InChI is InChI=1S/C9H9NO5/c1-5-3-7(10(13)14)8(11)4-6(5)9(12)15-2/h3-4,11H,1-2H3. The van der Waals surface area contributed by atoms with Crippen LogP contribution in [0.3, 0.4) is 0 Å². The van der Waals surface area contributed by atoms with E-state index in [2.05, 4.69) is 4.74 Å². The molecule has 0 aromatic heterocycles. The molecule has 0 spiro atoms. The van der Waals surface area contributed by atoms with Crippen LogP contribution in [-0.4, -0.2) is 23.1 Å². The van der Waals surface area contributed by atoms with Gasteiger partial charge in [-0.2, -0.15) is 0 Å². The van der Waals surface area contributed by atoms with Gasteiger partial charge in [0, 0.05) is 12.1 Å². The zero-order valence-electron chi connectivity index (χ0n) is 8.18. The average Bonchev–Trinajstić information content (AvgIpc) is 2.19. The van der Waals surface area contributed by atoms with E-state index in [9.17, 15) is 20.0 Å². The van der Waals surface area contributed by atoms with E-state index in [1.807, 2.05) is 0 Å². The number of nitro benzene ring substituents is 1. The van der Waals surface area contributed by atoms with E-state index in [1.54, 1.807) is 0 Å². The zero-order valence-corrected chi connectivity index (χ0v) is 8.18. The molecule has 0 aliphatic heterocycles. The van der Waals surface area contributed by atoms with E-state index >= 15 is 0 Å². The van der Waals surface area contributed by atoms with Gasteiger partial charge in [-0.1, -0.05) is 0 Å². The molecule has 6 heteroatoms. The summed E-state index contributed by atoms with van der Waals surface area (Å²) in [5, 5.41) is 19.7. The van der Waals surface area contributed by atoms with Crippen LogP contribution >= 0.6 is 0 Å². The minimum absolute atomic E-state index is 0.112. The summed E-state index contributed by atoms with van der Waals surface area (Å²) in [5.41, 5.74) is 0.0621. The van der Waals surface area contributed by atoms with Crippen LogP contribution in [0.5, 0.6) is 5.75 Å². The summed E-state index contributed by atoms with van der Waals surface area (Å²) in [7, 11) is 1.19. The molecule has 0 bridgehead atoms. The predicted molar refractivity (Wildman–Crippen MR) is 50.8 cm³/mol. The third-order valence-corrected chi connectivity index (χ3v) is 1.92. The fraction of sp³-hybridized carbons (Fsp3) is 0.222. The zero-order chi connectivity index (χ0) is 11.6. The highest BCUT2D eigenvalue weighted by Gasteiger charge is 2.19. The summed E-state index contributed by atoms with van der Waals surface area (Å²) >= 11 is 0. The maximum Gasteiger partial charge on any atom is 0.338 e. The van der Waals surface area contributed by atoms with Gasteiger partial charge < -0.3 is 9.84 Å². The molecule has 1 aromatic rings. The Labute approximate surface area is 85.2 Å². The Kier molecular flexibility index (Phi) is 2.89. The highest BCUT2D eigenvalue weighted by atomic mass is 16.6. The number of rotatable bonds is 2. The van der Waals surface area contributed by atoms with E-state index in [1.165, 1.54) is 14.0 Å². The van der Waals surface area contributed by atoms with E-state index in [-0.39, 0.29) is 5.56 Å². The van der Waals surface area contributed by atoms with Crippen LogP contribution < -0.4 is 0 Å². The number of carbonyl (C=O) groups excluding carboxylic acids is 1. The smallest absolute Gasteiger partial charge is 0.338 e. The lowest BCUT2D eigenvalue weighted by Crippen LogP contribution is -2.04. The number of nitro groups is 1. The number of aryl methyl sites for hydroxylation is 1. The van der Waals surface area contributed by atoms with E-state index in [0.717, 1.165) is 12.1 Å². The largest absolute Gasteiger partial charge is 0.502 e. The first-order valence-corrected chi connectivity index (χ1v) is 4.03. The van der Waals surface area contributed by atoms with Gasteiger partial charge in [-0.3, -0.25) is 10.1 Å². The molecule has 0 unspecified atom stereocenters. The summed E-state index contributed by atoms with van der Waals surface area (Å²) in [5.74, 6) is -1.19. The van der Waals surface area contributed by atoms with Gasteiger partial charge in [0.05, 0.1) is 17.6 Å². The summed E-state index contributed by atoms with van der Waals surface area (Å²) < 4.78 is 4.45. The number of methoxy groups -OCH3 is 1. The Bertz CT molecular complexity index is 427. The first kappa shape index (κ1) is 11.0. The van der Waals surface area contributed by atoms with Crippen LogP contribution in [0.15, 0.2) is 12.1 Å². The quantitative estimate of drug-likeness (QED) is 0.453. The van der Waals surface area contributed by atoms with Crippen molar-refractivity contribution in [3.63, 3.8) is 0 Å². The molecule has 0 fully saturated rings. The van der Waals surface area contributed by atoms with Gasteiger partial charge in [-0.05, 0) is 12.5 Å². The van der Waals surface area contributed by atoms with Gasteiger partial charge in [0.2, 0.25) is 0 Å². The molecule has 1 N–H and O–H groups in total. The molecule has 6 nitrogen and oxygen atoms in total. The summed E-state index contributed by atoms with van der Waals surface area (Å²) in [6.07, 6.45) is 0. The lowest BCUT2D eigenvalue weighted by molar-refractivity contribution is -0.385. The fourth-order valence-corrected chi connectivity index (χ4v) is 1.16. The van der Waals surface area contributed by atoms with Crippen molar-refractivity contribution >= 4 is 11.7 Å². The van der Waals surface area contributed by atoms with Crippen molar-refractivity contribution in [2.75, 3.05) is 7.11 Å². The number of phenols is 1. The maximum atomic E-state index is 11.2. The molecule has 0 aliphatic rings. The summed E-state index contributed by atoms with van der Waals surface area (Å²) in [6.45, 7) is 1.53. The molecule has 80 valence electrons. The number of benzene rings is 1. The number of ether oxygens (including phenoxy) is 1. The Morgan fingerprint density at radius 2 is 2.13 bits per heavy atom. The second-order valence-electron chi connectivity index (χ2n) is 2.90. The van der Waals surface area contributed by atoms with Crippen molar-refractivity contribution in [2.45, 2.75) is 6.92 Å². The minimum Gasteiger partial charge on any atom is -0.502 e. The van der Waals surface area contributed by atoms with Crippen LogP contribution in [0, 0.1) is 17.0 Å². The van der Waals surface area contributed by atoms with Crippen LogP contribution in [0.2, 0.25) is 0 Å². The number of hydrogen-bond acceptors (Lipinski definition) is 5. The fourth-order valence-electron chi connectivity index (χ4n) is 1.16. The topological polar surface area (TPSA) is 89.7 Å². The van der Waals surface area contributed by atoms with E-state index in [0.29, 0.717) is 5.56 Å². The van der Waals surface area contributed by atoms with Gasteiger partial charge in [-0.15, -0.1) is 0 Å². The predicted octanol–water partition coefficient (Wildman–Crippen LogP) is 1.40. The molecule has 1 rings (SSSR count). The van der Waals surface area contributed by atoms with Crippen molar-refractivity contribution in [2.24, 2.45) is 0 Å². The van der Waals surface area contributed by atoms with Crippen LogP contribution in [0.4, 0.5) is 5.69 Å². The average molecular weight is 211 g/mol. The molecule has 0 radical (unpaired) electrons. The highest BCUT2D eigenvalue weighted by molar-refractivity contribution is 5.92. The van der Waals surface area contributed by atoms with Gasteiger partial charge in [0.1, 0.15) is 0 Å². The molecule has 0 saturated carbocycles. The van der Waals surface area contributed by atoms with Crippen molar-refractivity contribution < 1.29 is 19.6 Å². The molecular formula is C9H9NO5. The number of carbonyl (C=O) groups is 1. The van der Waals surface area contributed by atoms with Crippen molar-refractivity contribution in [3.8, 4) is 5.75 Å². The first-order chi connectivity index (χ1) is 6.97.